The fourth-order valence-electron chi connectivity index (χ4n) is 4.91. The highest BCUT2D eigenvalue weighted by Crippen LogP contribution is 2.36. The number of hydrogen-bond acceptors (Lipinski definition) is 6. The van der Waals surface area contributed by atoms with Crippen LogP contribution in [0.3, 0.4) is 0 Å². The first-order valence-corrected chi connectivity index (χ1v) is 13.0. The molecule has 0 bridgehead atoms. The minimum Gasteiger partial charge on any atom is -0.489 e. The zero-order valence-electron chi connectivity index (χ0n) is 22.7. The minimum absolute atomic E-state index is 0.136. The third kappa shape index (κ3) is 5.79. The van der Waals surface area contributed by atoms with Gasteiger partial charge in [0.25, 0.3) is 0 Å². The highest BCUT2D eigenvalue weighted by Gasteiger charge is 2.37. The molecule has 1 N–H and O–H groups in total. The zero-order chi connectivity index (χ0) is 27.7. The lowest BCUT2D eigenvalue weighted by Crippen LogP contribution is -2.50. The molecule has 0 radical (unpaired) electrons. The highest BCUT2D eigenvalue weighted by atomic mass is 16.6. The molecule has 8 nitrogen and oxygen atoms in total. The van der Waals surface area contributed by atoms with Crippen LogP contribution in [0.2, 0.25) is 0 Å². The van der Waals surface area contributed by atoms with Crippen LogP contribution in [0.15, 0.2) is 54.6 Å². The molecule has 0 spiro atoms. The van der Waals surface area contributed by atoms with Crippen molar-refractivity contribution in [3.8, 4) is 28.4 Å². The molecule has 2 heterocycles. The van der Waals surface area contributed by atoms with Gasteiger partial charge in [0.2, 0.25) is 0 Å². The summed E-state index contributed by atoms with van der Waals surface area (Å²) in [5, 5.41) is 9.75. The molecule has 204 valence electrons. The van der Waals surface area contributed by atoms with Crippen molar-refractivity contribution in [1.82, 2.24) is 4.90 Å². The van der Waals surface area contributed by atoms with Crippen molar-refractivity contribution >= 4 is 12.1 Å². The molecule has 0 aliphatic carbocycles. The van der Waals surface area contributed by atoms with Crippen LogP contribution in [0, 0.1) is 6.92 Å². The summed E-state index contributed by atoms with van der Waals surface area (Å²) < 4.78 is 23.1. The van der Waals surface area contributed by atoms with Crippen LogP contribution < -0.4 is 14.2 Å². The van der Waals surface area contributed by atoms with Gasteiger partial charge in [-0.25, -0.2) is 9.59 Å². The molecule has 0 saturated carbocycles. The number of ether oxygens (including phenoxy) is 4. The van der Waals surface area contributed by atoms with Crippen LogP contribution in [0.5, 0.6) is 17.2 Å². The molecule has 39 heavy (non-hydrogen) atoms. The average molecular weight is 532 g/mol. The minimum atomic E-state index is -1.06. The van der Waals surface area contributed by atoms with Gasteiger partial charge < -0.3 is 24.1 Å². The summed E-state index contributed by atoms with van der Waals surface area (Å²) in [5.41, 5.74) is 5.28. The fraction of sp³-hybridized carbons (Fsp3) is 0.355. The summed E-state index contributed by atoms with van der Waals surface area (Å²) >= 11 is 0. The van der Waals surface area contributed by atoms with Crippen LogP contribution in [0.25, 0.3) is 11.1 Å². The first-order valence-electron chi connectivity index (χ1n) is 13.0. The van der Waals surface area contributed by atoms with E-state index in [1.807, 2.05) is 48.5 Å². The van der Waals surface area contributed by atoms with Gasteiger partial charge in [0.1, 0.15) is 37.2 Å². The van der Waals surface area contributed by atoms with Crippen molar-refractivity contribution in [2.75, 3.05) is 13.2 Å². The second kappa shape index (κ2) is 10.5. The summed E-state index contributed by atoms with van der Waals surface area (Å²) in [7, 11) is 0. The average Bonchev–Trinajstić information content (AvgIpc) is 2.90. The third-order valence-electron chi connectivity index (χ3n) is 6.91. The molecule has 1 atom stereocenters. The number of amides is 1. The maximum absolute atomic E-state index is 12.8. The summed E-state index contributed by atoms with van der Waals surface area (Å²) in [6.45, 7) is 8.94. The van der Waals surface area contributed by atoms with E-state index in [0.29, 0.717) is 25.6 Å². The van der Waals surface area contributed by atoms with Crippen molar-refractivity contribution in [3.63, 3.8) is 0 Å². The molecule has 0 unspecified atom stereocenters. The Morgan fingerprint density at radius 1 is 1.00 bits per heavy atom. The Balaban J connectivity index is 1.33. The lowest BCUT2D eigenvalue weighted by Gasteiger charge is -2.35. The van der Waals surface area contributed by atoms with Crippen LogP contribution >= 0.6 is 0 Å². The standard InChI is InChI=1S/C31H33NO7/c1-19-22(6-5-7-25(19)21-9-11-27-28(16-21)37-13-12-36-27)18-38-24-10-8-20-15-26(29(33)34)32(17-23(20)14-24)30(35)39-31(2,3)4/h5-11,14,16,26H,12-13,15,17-18H2,1-4H3,(H,33,34)/t26-/m0/s1. The Morgan fingerprint density at radius 2 is 1.77 bits per heavy atom. The Morgan fingerprint density at radius 3 is 2.51 bits per heavy atom. The normalized spacial score (nSPS) is 16.3. The highest BCUT2D eigenvalue weighted by molar-refractivity contribution is 5.81. The number of benzene rings is 3. The first kappa shape index (κ1) is 26.4. The number of carbonyl (C=O) groups is 2. The monoisotopic (exact) mass is 531 g/mol. The van der Waals surface area contributed by atoms with Crippen molar-refractivity contribution in [2.24, 2.45) is 0 Å². The van der Waals surface area contributed by atoms with Gasteiger partial charge >= 0.3 is 12.1 Å². The van der Waals surface area contributed by atoms with Crippen LogP contribution in [-0.4, -0.2) is 46.9 Å². The van der Waals surface area contributed by atoms with E-state index in [2.05, 4.69) is 13.0 Å². The molecule has 0 saturated heterocycles. The Labute approximate surface area is 228 Å². The summed E-state index contributed by atoms with van der Waals surface area (Å²) in [6.07, 6.45) is -0.431. The number of fused-ring (bicyclic) bond motifs is 2. The van der Waals surface area contributed by atoms with Crippen LogP contribution in [0.4, 0.5) is 4.79 Å². The van der Waals surface area contributed by atoms with Gasteiger partial charge in [0.05, 0.1) is 6.54 Å². The Kier molecular flexibility index (Phi) is 7.12. The second-order valence-corrected chi connectivity index (χ2v) is 10.8. The molecule has 2 aliphatic rings. The third-order valence-corrected chi connectivity index (χ3v) is 6.91. The van der Waals surface area contributed by atoms with E-state index >= 15 is 0 Å². The molecule has 3 aromatic rings. The van der Waals surface area contributed by atoms with Gasteiger partial charge in [-0.05, 0) is 85.3 Å². The van der Waals surface area contributed by atoms with Gasteiger partial charge in [0.15, 0.2) is 11.5 Å². The van der Waals surface area contributed by atoms with E-state index in [0.717, 1.165) is 44.9 Å². The van der Waals surface area contributed by atoms with Gasteiger partial charge in [-0.1, -0.05) is 30.3 Å². The lowest BCUT2D eigenvalue weighted by atomic mass is 9.94. The number of carbonyl (C=O) groups excluding carboxylic acids is 1. The van der Waals surface area contributed by atoms with E-state index < -0.39 is 23.7 Å². The van der Waals surface area contributed by atoms with Crippen molar-refractivity contribution in [3.05, 3.63) is 76.9 Å². The van der Waals surface area contributed by atoms with E-state index in [4.69, 9.17) is 18.9 Å². The van der Waals surface area contributed by atoms with E-state index in [-0.39, 0.29) is 13.0 Å². The van der Waals surface area contributed by atoms with Crippen LogP contribution in [-0.2, 0) is 29.1 Å². The molecule has 0 aromatic heterocycles. The Hall–Kier alpha value is -4.20. The van der Waals surface area contributed by atoms with Gasteiger partial charge in [-0.3, -0.25) is 4.90 Å². The summed E-state index contributed by atoms with van der Waals surface area (Å²) in [5.74, 6) is 1.10. The molecule has 2 aliphatic heterocycles. The number of nitrogens with zero attached hydrogens (tertiary/aromatic N) is 1. The number of aliphatic carboxylic acids is 1. The molecule has 5 rings (SSSR count). The summed E-state index contributed by atoms with van der Waals surface area (Å²) in [6, 6.07) is 16.7. The number of rotatable bonds is 5. The maximum atomic E-state index is 12.8. The Bertz CT molecular complexity index is 1410. The second-order valence-electron chi connectivity index (χ2n) is 10.8. The predicted molar refractivity (Wildman–Crippen MR) is 145 cm³/mol. The zero-order valence-corrected chi connectivity index (χ0v) is 22.7. The topological polar surface area (TPSA) is 94.5 Å². The van der Waals surface area contributed by atoms with E-state index in [9.17, 15) is 14.7 Å². The van der Waals surface area contributed by atoms with Crippen molar-refractivity contribution in [1.29, 1.82) is 0 Å². The molecule has 0 fully saturated rings. The lowest BCUT2D eigenvalue weighted by molar-refractivity contribution is -0.143. The number of carboxylic acids is 1. The SMILES string of the molecule is Cc1c(COc2ccc3c(c2)CN(C(=O)OC(C)(C)C)[C@H](C(=O)O)C3)cccc1-c1ccc2c(c1)OCCO2. The molecular weight excluding hydrogens is 498 g/mol. The van der Waals surface area contributed by atoms with Crippen molar-refractivity contribution in [2.45, 2.75) is 58.9 Å². The number of carboxylic acid groups (broad SMARTS) is 1. The maximum Gasteiger partial charge on any atom is 0.411 e. The summed E-state index contributed by atoms with van der Waals surface area (Å²) in [4.78, 5) is 26.0. The van der Waals surface area contributed by atoms with E-state index in [1.165, 1.54) is 4.90 Å². The number of hydrogen-bond donors (Lipinski definition) is 1. The smallest absolute Gasteiger partial charge is 0.411 e. The molecule has 8 heteroatoms. The molecule has 3 aromatic carbocycles. The van der Waals surface area contributed by atoms with Gasteiger partial charge in [-0.2, -0.15) is 0 Å². The van der Waals surface area contributed by atoms with E-state index in [1.54, 1.807) is 20.8 Å². The molecular formula is C31H33NO7. The molecule has 1 amide bonds. The largest absolute Gasteiger partial charge is 0.489 e. The quantitative estimate of drug-likeness (QED) is 0.447. The fourth-order valence-corrected chi connectivity index (χ4v) is 4.91. The van der Waals surface area contributed by atoms with Gasteiger partial charge in [-0.15, -0.1) is 0 Å². The predicted octanol–water partition coefficient (Wildman–Crippen LogP) is 5.76. The van der Waals surface area contributed by atoms with Gasteiger partial charge in [0, 0.05) is 6.42 Å². The first-order chi connectivity index (χ1) is 18.6. The van der Waals surface area contributed by atoms with Crippen molar-refractivity contribution < 1.29 is 33.6 Å². The van der Waals surface area contributed by atoms with Crippen LogP contribution in [0.1, 0.15) is 43.0 Å².